The Morgan fingerprint density at radius 2 is 1.81 bits per heavy atom. The standard InChI is InChI=1S/C17H20N4/c1-20-7-2-8-21(10-9-20)14-16-5-3-15(4-6-16)11-17(12-18)13-19/h3-6,11H,2,7-10,14H2,1H3. The number of nitrogens with zero attached hydrogens (tertiary/aromatic N) is 4. The first kappa shape index (κ1) is 15.3. The van der Waals surface area contributed by atoms with E-state index in [2.05, 4.69) is 29.0 Å². The zero-order chi connectivity index (χ0) is 15.1. The molecule has 0 N–H and O–H groups in total. The van der Waals surface area contributed by atoms with Crippen molar-refractivity contribution in [3.05, 3.63) is 41.0 Å². The van der Waals surface area contributed by atoms with Crippen LogP contribution in [-0.4, -0.2) is 43.0 Å². The lowest BCUT2D eigenvalue weighted by molar-refractivity contribution is 0.269. The summed E-state index contributed by atoms with van der Waals surface area (Å²) in [6, 6.07) is 11.8. The van der Waals surface area contributed by atoms with Crippen molar-refractivity contribution in [3.63, 3.8) is 0 Å². The molecule has 108 valence electrons. The van der Waals surface area contributed by atoms with Gasteiger partial charge in [-0.1, -0.05) is 24.3 Å². The summed E-state index contributed by atoms with van der Waals surface area (Å²) in [5.74, 6) is 0. The van der Waals surface area contributed by atoms with Crippen molar-refractivity contribution in [2.24, 2.45) is 0 Å². The van der Waals surface area contributed by atoms with Crippen LogP contribution in [0.25, 0.3) is 6.08 Å². The molecular weight excluding hydrogens is 260 g/mol. The van der Waals surface area contributed by atoms with Crippen LogP contribution < -0.4 is 0 Å². The van der Waals surface area contributed by atoms with Crippen LogP contribution in [-0.2, 0) is 6.54 Å². The molecule has 4 heteroatoms. The number of benzene rings is 1. The van der Waals surface area contributed by atoms with Gasteiger partial charge in [0, 0.05) is 19.6 Å². The van der Waals surface area contributed by atoms with Crippen LogP contribution in [0.5, 0.6) is 0 Å². The molecule has 1 fully saturated rings. The second-order valence-electron chi connectivity index (χ2n) is 5.46. The largest absolute Gasteiger partial charge is 0.305 e. The quantitative estimate of drug-likeness (QED) is 0.797. The molecule has 0 radical (unpaired) electrons. The van der Waals surface area contributed by atoms with E-state index in [1.54, 1.807) is 6.08 Å². The van der Waals surface area contributed by atoms with E-state index in [1.165, 1.54) is 18.5 Å². The highest BCUT2D eigenvalue weighted by Gasteiger charge is 2.11. The molecule has 1 saturated heterocycles. The Morgan fingerprint density at radius 3 is 2.48 bits per heavy atom. The molecule has 0 unspecified atom stereocenters. The Kier molecular flexibility index (Phi) is 5.51. The minimum Gasteiger partial charge on any atom is -0.305 e. The molecule has 4 nitrogen and oxygen atoms in total. The number of rotatable bonds is 3. The molecule has 1 heterocycles. The van der Waals surface area contributed by atoms with Gasteiger partial charge in [0.05, 0.1) is 0 Å². The fourth-order valence-electron chi connectivity index (χ4n) is 2.49. The third-order valence-electron chi connectivity index (χ3n) is 3.75. The van der Waals surface area contributed by atoms with E-state index in [1.807, 2.05) is 24.3 Å². The van der Waals surface area contributed by atoms with Crippen molar-refractivity contribution in [1.29, 1.82) is 10.5 Å². The molecule has 0 aromatic heterocycles. The van der Waals surface area contributed by atoms with Gasteiger partial charge in [0.2, 0.25) is 0 Å². The first-order chi connectivity index (χ1) is 10.2. The maximum absolute atomic E-state index is 8.75. The fraction of sp³-hybridized carbons (Fsp3) is 0.412. The van der Waals surface area contributed by atoms with Crippen LogP contribution in [0.2, 0.25) is 0 Å². The van der Waals surface area contributed by atoms with Crippen LogP contribution >= 0.6 is 0 Å². The Bertz CT molecular complexity index is 558. The number of allylic oxidation sites excluding steroid dienone is 1. The summed E-state index contributed by atoms with van der Waals surface area (Å²) in [4.78, 5) is 4.85. The summed E-state index contributed by atoms with van der Waals surface area (Å²) in [5, 5.41) is 17.5. The Balaban J connectivity index is 1.98. The summed E-state index contributed by atoms with van der Waals surface area (Å²) < 4.78 is 0. The molecule has 0 aliphatic carbocycles. The van der Waals surface area contributed by atoms with E-state index < -0.39 is 0 Å². The van der Waals surface area contributed by atoms with E-state index in [-0.39, 0.29) is 5.57 Å². The van der Waals surface area contributed by atoms with Gasteiger partial charge in [0.25, 0.3) is 0 Å². The Morgan fingerprint density at radius 1 is 1.10 bits per heavy atom. The highest BCUT2D eigenvalue weighted by Crippen LogP contribution is 2.12. The second kappa shape index (κ2) is 7.59. The van der Waals surface area contributed by atoms with Gasteiger partial charge < -0.3 is 4.90 Å². The van der Waals surface area contributed by atoms with Gasteiger partial charge in [-0.2, -0.15) is 10.5 Å². The van der Waals surface area contributed by atoms with E-state index in [4.69, 9.17) is 10.5 Å². The molecule has 0 spiro atoms. The predicted octanol–water partition coefficient (Wildman–Crippen LogP) is 2.25. The van der Waals surface area contributed by atoms with Crippen LogP contribution in [0.15, 0.2) is 29.8 Å². The minimum atomic E-state index is 0.137. The van der Waals surface area contributed by atoms with E-state index in [0.29, 0.717) is 0 Å². The topological polar surface area (TPSA) is 54.1 Å². The molecule has 1 aromatic carbocycles. The van der Waals surface area contributed by atoms with Gasteiger partial charge in [0.1, 0.15) is 17.7 Å². The molecule has 0 amide bonds. The van der Waals surface area contributed by atoms with Crippen LogP contribution in [0.1, 0.15) is 17.5 Å². The lowest BCUT2D eigenvalue weighted by Crippen LogP contribution is -2.28. The lowest BCUT2D eigenvalue weighted by Gasteiger charge is -2.20. The van der Waals surface area contributed by atoms with Crippen molar-refractivity contribution < 1.29 is 0 Å². The number of likely N-dealkylation sites (N-methyl/N-ethyl adjacent to an activating group) is 1. The van der Waals surface area contributed by atoms with E-state index >= 15 is 0 Å². The number of hydrogen-bond acceptors (Lipinski definition) is 4. The highest BCUT2D eigenvalue weighted by atomic mass is 15.2. The molecule has 21 heavy (non-hydrogen) atoms. The third-order valence-corrected chi connectivity index (χ3v) is 3.75. The van der Waals surface area contributed by atoms with Gasteiger partial charge in [-0.3, -0.25) is 4.90 Å². The minimum absolute atomic E-state index is 0.137. The Labute approximate surface area is 126 Å². The highest BCUT2D eigenvalue weighted by molar-refractivity contribution is 5.61. The maximum atomic E-state index is 8.75. The summed E-state index contributed by atoms with van der Waals surface area (Å²) in [6.45, 7) is 5.49. The van der Waals surface area contributed by atoms with Crippen molar-refractivity contribution in [2.75, 3.05) is 33.2 Å². The summed E-state index contributed by atoms with van der Waals surface area (Å²) in [6.07, 6.45) is 2.83. The van der Waals surface area contributed by atoms with Crippen molar-refractivity contribution in [3.8, 4) is 12.1 Å². The van der Waals surface area contributed by atoms with Gasteiger partial charge in [-0.25, -0.2) is 0 Å². The smallest absolute Gasteiger partial charge is 0.130 e. The molecule has 1 aromatic rings. The zero-order valence-electron chi connectivity index (χ0n) is 12.4. The molecule has 0 bridgehead atoms. The fourth-order valence-corrected chi connectivity index (χ4v) is 2.49. The summed E-state index contributed by atoms with van der Waals surface area (Å²) in [5.41, 5.74) is 2.30. The first-order valence-corrected chi connectivity index (χ1v) is 7.23. The predicted molar refractivity (Wildman–Crippen MR) is 83.0 cm³/mol. The van der Waals surface area contributed by atoms with Crippen molar-refractivity contribution in [2.45, 2.75) is 13.0 Å². The maximum Gasteiger partial charge on any atom is 0.130 e. The van der Waals surface area contributed by atoms with E-state index in [9.17, 15) is 0 Å². The second-order valence-corrected chi connectivity index (χ2v) is 5.46. The monoisotopic (exact) mass is 280 g/mol. The number of nitriles is 2. The summed E-state index contributed by atoms with van der Waals surface area (Å²) >= 11 is 0. The summed E-state index contributed by atoms with van der Waals surface area (Å²) in [7, 11) is 2.17. The van der Waals surface area contributed by atoms with Crippen LogP contribution in [0.3, 0.4) is 0 Å². The first-order valence-electron chi connectivity index (χ1n) is 7.23. The van der Waals surface area contributed by atoms with Gasteiger partial charge in [-0.15, -0.1) is 0 Å². The SMILES string of the molecule is CN1CCCN(Cc2ccc(C=C(C#N)C#N)cc2)CC1. The molecule has 1 aliphatic heterocycles. The van der Waals surface area contributed by atoms with E-state index in [0.717, 1.165) is 31.7 Å². The third kappa shape index (κ3) is 4.72. The Hall–Kier alpha value is -2.14. The molecule has 0 saturated carbocycles. The molecule has 1 aliphatic rings. The van der Waals surface area contributed by atoms with Crippen molar-refractivity contribution in [1.82, 2.24) is 9.80 Å². The zero-order valence-corrected chi connectivity index (χ0v) is 12.4. The molecule has 2 rings (SSSR count). The van der Waals surface area contributed by atoms with Gasteiger partial charge >= 0.3 is 0 Å². The molecular formula is C17H20N4. The average Bonchev–Trinajstić information content (AvgIpc) is 2.71. The van der Waals surface area contributed by atoms with Crippen molar-refractivity contribution >= 4 is 6.08 Å². The lowest BCUT2D eigenvalue weighted by atomic mass is 10.1. The average molecular weight is 280 g/mol. The number of hydrogen-bond donors (Lipinski definition) is 0. The van der Waals surface area contributed by atoms with Crippen LogP contribution in [0, 0.1) is 22.7 Å². The van der Waals surface area contributed by atoms with Crippen LogP contribution in [0.4, 0.5) is 0 Å². The molecule has 0 atom stereocenters. The normalized spacial score (nSPS) is 16.5. The van der Waals surface area contributed by atoms with Gasteiger partial charge in [-0.05, 0) is 43.8 Å². The van der Waals surface area contributed by atoms with Gasteiger partial charge in [0.15, 0.2) is 0 Å².